The summed E-state index contributed by atoms with van der Waals surface area (Å²) in [5.74, 6) is -0.882. The Balaban J connectivity index is 1.89. The van der Waals surface area contributed by atoms with E-state index in [2.05, 4.69) is 5.32 Å². The molecule has 6 heteroatoms. The standard InChI is InChI=1S/C14H17Cl2NO3/c15-10-5-9(13(18)12(16)6-10)7-17-11-3-1-8(2-4-11)14(19)20/h5-6,8,11,17-18H,1-4,7H2,(H,19,20). The number of hydrogen-bond acceptors (Lipinski definition) is 3. The second-order valence-corrected chi connectivity index (χ2v) is 6.01. The Labute approximate surface area is 127 Å². The third-order valence-corrected chi connectivity index (χ3v) is 4.27. The van der Waals surface area contributed by atoms with Gasteiger partial charge in [-0.2, -0.15) is 0 Å². The van der Waals surface area contributed by atoms with Crippen LogP contribution in [0.1, 0.15) is 31.2 Å². The third kappa shape index (κ3) is 3.78. The van der Waals surface area contributed by atoms with E-state index >= 15 is 0 Å². The molecule has 0 unspecified atom stereocenters. The van der Waals surface area contributed by atoms with Gasteiger partial charge >= 0.3 is 5.97 Å². The summed E-state index contributed by atoms with van der Waals surface area (Å²) < 4.78 is 0. The minimum atomic E-state index is -0.706. The topological polar surface area (TPSA) is 69.6 Å². The smallest absolute Gasteiger partial charge is 0.306 e. The molecule has 0 spiro atoms. The molecule has 0 saturated heterocycles. The van der Waals surface area contributed by atoms with Crippen molar-refractivity contribution in [2.45, 2.75) is 38.3 Å². The van der Waals surface area contributed by atoms with Crippen molar-refractivity contribution in [3.63, 3.8) is 0 Å². The minimum absolute atomic E-state index is 0.0442. The van der Waals surface area contributed by atoms with Gasteiger partial charge in [0.15, 0.2) is 0 Å². The van der Waals surface area contributed by atoms with Crippen molar-refractivity contribution in [1.29, 1.82) is 0 Å². The molecule has 1 aromatic rings. The lowest BCUT2D eigenvalue weighted by Gasteiger charge is -2.27. The first kappa shape index (κ1) is 15.4. The largest absolute Gasteiger partial charge is 0.506 e. The molecule has 1 aliphatic carbocycles. The second kappa shape index (κ2) is 6.66. The number of nitrogens with one attached hydrogen (secondary N) is 1. The molecule has 0 bridgehead atoms. The first-order valence-corrected chi connectivity index (χ1v) is 7.36. The highest BCUT2D eigenvalue weighted by molar-refractivity contribution is 6.35. The van der Waals surface area contributed by atoms with Gasteiger partial charge in [0.25, 0.3) is 0 Å². The number of rotatable bonds is 4. The highest BCUT2D eigenvalue weighted by Gasteiger charge is 2.25. The fraction of sp³-hybridized carbons (Fsp3) is 0.500. The van der Waals surface area contributed by atoms with Gasteiger partial charge in [-0.3, -0.25) is 4.79 Å². The zero-order valence-corrected chi connectivity index (χ0v) is 12.4. The first-order valence-electron chi connectivity index (χ1n) is 6.60. The highest BCUT2D eigenvalue weighted by atomic mass is 35.5. The Bertz CT molecular complexity index is 499. The molecule has 2 rings (SSSR count). The van der Waals surface area contributed by atoms with Crippen molar-refractivity contribution in [2.24, 2.45) is 5.92 Å². The second-order valence-electron chi connectivity index (χ2n) is 5.16. The van der Waals surface area contributed by atoms with E-state index in [4.69, 9.17) is 28.3 Å². The lowest BCUT2D eigenvalue weighted by Crippen LogP contribution is -2.34. The number of hydrogen-bond donors (Lipinski definition) is 3. The molecule has 0 amide bonds. The fourth-order valence-corrected chi connectivity index (χ4v) is 3.09. The molecule has 3 N–H and O–H groups in total. The normalized spacial score (nSPS) is 22.7. The number of benzene rings is 1. The van der Waals surface area contributed by atoms with E-state index in [9.17, 15) is 9.90 Å². The van der Waals surface area contributed by atoms with Crippen LogP contribution in [0.5, 0.6) is 5.75 Å². The minimum Gasteiger partial charge on any atom is -0.506 e. The highest BCUT2D eigenvalue weighted by Crippen LogP contribution is 2.31. The molecule has 110 valence electrons. The van der Waals surface area contributed by atoms with E-state index in [1.807, 2.05) is 0 Å². The maximum absolute atomic E-state index is 10.9. The molecule has 0 radical (unpaired) electrons. The lowest BCUT2D eigenvalue weighted by molar-refractivity contribution is -0.142. The van der Waals surface area contributed by atoms with Gasteiger partial charge in [-0.25, -0.2) is 0 Å². The molecule has 1 saturated carbocycles. The van der Waals surface area contributed by atoms with Crippen LogP contribution in [-0.2, 0) is 11.3 Å². The number of phenols is 1. The van der Waals surface area contributed by atoms with Crippen molar-refractivity contribution in [1.82, 2.24) is 5.32 Å². The van der Waals surface area contributed by atoms with Crippen LogP contribution in [0.25, 0.3) is 0 Å². The third-order valence-electron chi connectivity index (χ3n) is 3.76. The van der Waals surface area contributed by atoms with E-state index in [-0.39, 0.29) is 22.7 Å². The molecule has 0 heterocycles. The van der Waals surface area contributed by atoms with Crippen LogP contribution in [0.15, 0.2) is 12.1 Å². The average molecular weight is 318 g/mol. The van der Waals surface area contributed by atoms with Gasteiger partial charge in [-0.1, -0.05) is 23.2 Å². The van der Waals surface area contributed by atoms with Crippen molar-refractivity contribution in [2.75, 3.05) is 0 Å². The number of aliphatic carboxylic acids is 1. The van der Waals surface area contributed by atoms with Gasteiger partial charge in [-0.15, -0.1) is 0 Å². The summed E-state index contributed by atoms with van der Waals surface area (Å²) in [5.41, 5.74) is 0.655. The lowest BCUT2D eigenvalue weighted by atomic mass is 9.86. The average Bonchev–Trinajstić information content (AvgIpc) is 2.41. The molecule has 0 aromatic heterocycles. The van der Waals surface area contributed by atoms with Crippen molar-refractivity contribution in [3.8, 4) is 5.75 Å². The number of phenolic OH excluding ortho intramolecular Hbond substituents is 1. The first-order chi connectivity index (χ1) is 9.47. The maximum atomic E-state index is 10.9. The SMILES string of the molecule is O=C(O)C1CCC(NCc2cc(Cl)cc(Cl)c2O)CC1. The van der Waals surface area contributed by atoms with Crippen molar-refractivity contribution >= 4 is 29.2 Å². The number of carboxylic acids is 1. The number of halogens is 2. The van der Waals surface area contributed by atoms with Crippen LogP contribution in [0.4, 0.5) is 0 Å². The number of aromatic hydroxyl groups is 1. The maximum Gasteiger partial charge on any atom is 0.306 e. The Hall–Kier alpha value is -0.970. The van der Waals surface area contributed by atoms with Gasteiger partial charge < -0.3 is 15.5 Å². The Kier molecular flexibility index (Phi) is 5.13. The zero-order valence-electron chi connectivity index (χ0n) is 10.9. The van der Waals surface area contributed by atoms with Gasteiger partial charge in [0.05, 0.1) is 10.9 Å². The van der Waals surface area contributed by atoms with Crippen LogP contribution < -0.4 is 5.32 Å². The summed E-state index contributed by atoms with van der Waals surface area (Å²) in [5, 5.41) is 22.9. The molecule has 20 heavy (non-hydrogen) atoms. The van der Waals surface area contributed by atoms with E-state index in [1.165, 1.54) is 6.07 Å². The van der Waals surface area contributed by atoms with Gasteiger partial charge in [0.2, 0.25) is 0 Å². The molecule has 4 nitrogen and oxygen atoms in total. The summed E-state index contributed by atoms with van der Waals surface area (Å²) in [7, 11) is 0. The van der Waals surface area contributed by atoms with Crippen LogP contribution >= 0.6 is 23.2 Å². The van der Waals surface area contributed by atoms with Crippen LogP contribution in [0.2, 0.25) is 10.0 Å². The van der Waals surface area contributed by atoms with E-state index in [0.29, 0.717) is 30.0 Å². The summed E-state index contributed by atoms with van der Waals surface area (Å²) in [4.78, 5) is 10.9. The number of carbonyl (C=O) groups is 1. The van der Waals surface area contributed by atoms with Gasteiger partial charge in [0, 0.05) is 23.2 Å². The summed E-state index contributed by atoms with van der Waals surface area (Å²) in [6.07, 6.45) is 3.03. The van der Waals surface area contributed by atoms with Crippen molar-refractivity contribution in [3.05, 3.63) is 27.7 Å². The summed E-state index contributed by atoms with van der Waals surface area (Å²) in [6, 6.07) is 3.45. The molecular weight excluding hydrogens is 301 g/mol. The predicted molar refractivity (Wildman–Crippen MR) is 78.3 cm³/mol. The molecule has 0 atom stereocenters. The predicted octanol–water partition coefficient (Wildman–Crippen LogP) is 3.43. The molecule has 1 aromatic carbocycles. The van der Waals surface area contributed by atoms with Crippen molar-refractivity contribution < 1.29 is 15.0 Å². The summed E-state index contributed by atoms with van der Waals surface area (Å²) in [6.45, 7) is 0.467. The van der Waals surface area contributed by atoms with E-state index in [1.54, 1.807) is 6.07 Å². The Morgan fingerprint density at radius 1 is 1.25 bits per heavy atom. The van der Waals surface area contributed by atoms with Gasteiger partial charge in [0.1, 0.15) is 5.75 Å². The van der Waals surface area contributed by atoms with Crippen LogP contribution in [-0.4, -0.2) is 22.2 Å². The summed E-state index contributed by atoms with van der Waals surface area (Å²) >= 11 is 11.8. The zero-order chi connectivity index (χ0) is 14.7. The quantitative estimate of drug-likeness (QED) is 0.795. The fourth-order valence-electron chi connectivity index (χ4n) is 2.55. The molecule has 0 aliphatic heterocycles. The van der Waals surface area contributed by atoms with E-state index < -0.39 is 5.97 Å². The monoisotopic (exact) mass is 317 g/mol. The molecular formula is C14H17Cl2NO3. The number of carboxylic acid groups (broad SMARTS) is 1. The Morgan fingerprint density at radius 3 is 2.50 bits per heavy atom. The molecule has 1 aliphatic rings. The molecule has 1 fully saturated rings. The van der Waals surface area contributed by atoms with Crippen LogP contribution in [0.3, 0.4) is 0 Å². The van der Waals surface area contributed by atoms with E-state index in [0.717, 1.165) is 12.8 Å². The van der Waals surface area contributed by atoms with Crippen LogP contribution in [0, 0.1) is 5.92 Å². The van der Waals surface area contributed by atoms with Gasteiger partial charge in [-0.05, 0) is 37.8 Å². The Morgan fingerprint density at radius 2 is 1.90 bits per heavy atom.